The number of thiocarbonyl (C=S) groups is 1. The number of rotatable bonds is 6. The molecule has 0 saturated carbocycles. The highest BCUT2D eigenvalue weighted by molar-refractivity contribution is 7.98. The zero-order valence-corrected chi connectivity index (χ0v) is 20.5. The molecule has 3 aromatic carbocycles. The number of benzene rings is 3. The van der Waals surface area contributed by atoms with Gasteiger partial charge in [-0.05, 0) is 65.9 Å². The third-order valence-corrected chi connectivity index (χ3v) is 7.03. The van der Waals surface area contributed by atoms with Crippen molar-refractivity contribution >= 4 is 45.8 Å². The van der Waals surface area contributed by atoms with Gasteiger partial charge in [-0.15, -0.1) is 11.8 Å². The van der Waals surface area contributed by atoms with E-state index in [1.54, 1.807) is 24.2 Å². The van der Waals surface area contributed by atoms with Crippen LogP contribution >= 0.6 is 24.0 Å². The Labute approximate surface area is 209 Å². The fourth-order valence-corrected chi connectivity index (χ4v) is 4.82. The molecule has 5 nitrogen and oxygen atoms in total. The SMILES string of the molecule is CSc1ccc(C2=NN(C(=S)NCCc3ccccc3)[C@H](c3ccc4nccnc4c3)C2)cc1. The van der Waals surface area contributed by atoms with Crippen molar-refractivity contribution in [3.63, 3.8) is 0 Å². The van der Waals surface area contributed by atoms with Crippen LogP contribution in [0.25, 0.3) is 11.0 Å². The molecule has 0 amide bonds. The van der Waals surface area contributed by atoms with E-state index in [1.807, 2.05) is 17.1 Å². The fraction of sp³-hybridized carbons (Fsp3) is 0.185. The van der Waals surface area contributed by atoms with Gasteiger partial charge in [-0.3, -0.25) is 9.97 Å². The summed E-state index contributed by atoms with van der Waals surface area (Å²) in [6, 6.07) is 25.2. The second kappa shape index (κ2) is 10.3. The summed E-state index contributed by atoms with van der Waals surface area (Å²) in [7, 11) is 0. The minimum absolute atomic E-state index is 0.00152. The van der Waals surface area contributed by atoms with Crippen LogP contribution in [0.5, 0.6) is 0 Å². The molecule has 0 fully saturated rings. The highest BCUT2D eigenvalue weighted by Gasteiger charge is 2.31. The van der Waals surface area contributed by atoms with Crippen molar-refractivity contribution in [2.24, 2.45) is 5.10 Å². The molecule has 0 saturated heterocycles. The third-order valence-electron chi connectivity index (χ3n) is 5.95. The topological polar surface area (TPSA) is 53.4 Å². The van der Waals surface area contributed by atoms with Crippen LogP contribution in [0.2, 0.25) is 0 Å². The van der Waals surface area contributed by atoms with Gasteiger partial charge in [-0.25, -0.2) is 5.01 Å². The molecule has 2 heterocycles. The van der Waals surface area contributed by atoms with Gasteiger partial charge in [0.1, 0.15) is 0 Å². The Morgan fingerprint density at radius 3 is 2.53 bits per heavy atom. The molecule has 4 aromatic rings. The van der Waals surface area contributed by atoms with Crippen molar-refractivity contribution in [1.82, 2.24) is 20.3 Å². The van der Waals surface area contributed by atoms with E-state index in [2.05, 4.69) is 82.2 Å². The average molecular weight is 484 g/mol. The lowest BCUT2D eigenvalue weighted by Gasteiger charge is -2.25. The van der Waals surface area contributed by atoms with Crippen LogP contribution in [0.3, 0.4) is 0 Å². The van der Waals surface area contributed by atoms with Crippen LogP contribution in [0.4, 0.5) is 0 Å². The van der Waals surface area contributed by atoms with Gasteiger partial charge in [0, 0.05) is 30.3 Å². The molecule has 0 unspecified atom stereocenters. The summed E-state index contributed by atoms with van der Waals surface area (Å²) >= 11 is 7.56. The highest BCUT2D eigenvalue weighted by atomic mass is 32.2. The van der Waals surface area contributed by atoms with Crippen LogP contribution < -0.4 is 5.32 Å². The molecule has 34 heavy (non-hydrogen) atoms. The predicted molar refractivity (Wildman–Crippen MR) is 144 cm³/mol. The first-order valence-electron chi connectivity index (χ1n) is 11.2. The van der Waals surface area contributed by atoms with E-state index < -0.39 is 0 Å². The Morgan fingerprint density at radius 2 is 1.76 bits per heavy atom. The van der Waals surface area contributed by atoms with Crippen molar-refractivity contribution in [2.75, 3.05) is 12.8 Å². The Morgan fingerprint density at radius 1 is 1.00 bits per heavy atom. The van der Waals surface area contributed by atoms with E-state index in [0.717, 1.165) is 47.3 Å². The summed E-state index contributed by atoms with van der Waals surface area (Å²) in [5.41, 5.74) is 6.32. The van der Waals surface area contributed by atoms with Crippen LogP contribution in [-0.4, -0.2) is 38.6 Å². The molecule has 1 N–H and O–H groups in total. The third kappa shape index (κ3) is 4.95. The monoisotopic (exact) mass is 483 g/mol. The average Bonchev–Trinajstić information content (AvgIpc) is 3.35. The first-order chi connectivity index (χ1) is 16.7. The van der Waals surface area contributed by atoms with E-state index in [1.165, 1.54) is 10.5 Å². The smallest absolute Gasteiger partial charge is 0.190 e. The van der Waals surface area contributed by atoms with Crippen molar-refractivity contribution in [2.45, 2.75) is 23.8 Å². The Kier molecular flexibility index (Phi) is 6.83. The summed E-state index contributed by atoms with van der Waals surface area (Å²) in [4.78, 5) is 10.1. The quantitative estimate of drug-likeness (QED) is 0.284. The summed E-state index contributed by atoms with van der Waals surface area (Å²) in [5, 5.41) is 11.0. The molecule has 0 spiro atoms. The molecule has 5 rings (SSSR count). The number of fused-ring (bicyclic) bond motifs is 1. The standard InChI is InChI=1S/C27H25N5S2/c1-34-22-10-7-20(8-11-22)24-18-26(21-9-12-23-25(17-21)29-16-15-28-23)32(31-24)27(33)30-14-13-19-5-3-2-4-6-19/h2-12,15-17,26H,13-14,18H2,1H3,(H,30,33)/t26-/m0/s1. The minimum atomic E-state index is -0.00152. The van der Waals surface area contributed by atoms with E-state index in [4.69, 9.17) is 17.3 Å². The summed E-state index contributed by atoms with van der Waals surface area (Å²) < 4.78 is 0. The van der Waals surface area contributed by atoms with Gasteiger partial charge in [0.05, 0.1) is 22.8 Å². The van der Waals surface area contributed by atoms with Crippen LogP contribution in [0.1, 0.15) is 29.2 Å². The first kappa shape index (κ1) is 22.5. The lowest BCUT2D eigenvalue weighted by molar-refractivity contribution is 0.364. The zero-order valence-electron chi connectivity index (χ0n) is 18.9. The normalized spacial score (nSPS) is 15.4. The molecular formula is C27H25N5S2. The highest BCUT2D eigenvalue weighted by Crippen LogP contribution is 2.34. The number of aromatic nitrogens is 2. The van der Waals surface area contributed by atoms with Crippen molar-refractivity contribution in [3.05, 3.63) is 102 Å². The number of nitrogens with one attached hydrogen (secondary N) is 1. The molecule has 0 radical (unpaired) electrons. The van der Waals surface area contributed by atoms with Crippen molar-refractivity contribution in [3.8, 4) is 0 Å². The molecule has 1 aliphatic heterocycles. The van der Waals surface area contributed by atoms with E-state index in [-0.39, 0.29) is 6.04 Å². The molecule has 1 aromatic heterocycles. The number of hydrazone groups is 1. The van der Waals surface area contributed by atoms with Gasteiger partial charge >= 0.3 is 0 Å². The minimum Gasteiger partial charge on any atom is -0.361 e. The van der Waals surface area contributed by atoms with Gasteiger partial charge in [0.2, 0.25) is 0 Å². The maximum absolute atomic E-state index is 5.82. The number of hydrogen-bond acceptors (Lipinski definition) is 5. The predicted octanol–water partition coefficient (Wildman–Crippen LogP) is 5.62. The molecule has 1 aliphatic rings. The second-order valence-corrected chi connectivity index (χ2v) is 9.38. The van der Waals surface area contributed by atoms with Gasteiger partial charge in [-0.2, -0.15) is 5.10 Å². The first-order valence-corrected chi connectivity index (χ1v) is 12.9. The molecule has 1 atom stereocenters. The fourth-order valence-electron chi connectivity index (χ4n) is 4.14. The van der Waals surface area contributed by atoms with Crippen LogP contribution in [0.15, 0.2) is 95.2 Å². The molecule has 0 aliphatic carbocycles. The van der Waals surface area contributed by atoms with E-state index in [0.29, 0.717) is 5.11 Å². The van der Waals surface area contributed by atoms with Gasteiger partial charge in [0.25, 0.3) is 0 Å². The Bertz CT molecular complexity index is 1320. The van der Waals surface area contributed by atoms with Gasteiger partial charge < -0.3 is 5.32 Å². The van der Waals surface area contributed by atoms with Crippen LogP contribution in [0, 0.1) is 0 Å². The van der Waals surface area contributed by atoms with E-state index in [9.17, 15) is 0 Å². The van der Waals surface area contributed by atoms with Gasteiger partial charge in [0.15, 0.2) is 5.11 Å². The molecule has 7 heteroatoms. The maximum Gasteiger partial charge on any atom is 0.190 e. The zero-order chi connectivity index (χ0) is 23.3. The lowest BCUT2D eigenvalue weighted by Crippen LogP contribution is -2.37. The van der Waals surface area contributed by atoms with Crippen molar-refractivity contribution < 1.29 is 0 Å². The Hall–Kier alpha value is -3.29. The largest absolute Gasteiger partial charge is 0.361 e. The molecule has 170 valence electrons. The number of hydrogen-bond donors (Lipinski definition) is 1. The maximum atomic E-state index is 5.82. The van der Waals surface area contributed by atoms with Gasteiger partial charge in [-0.1, -0.05) is 48.5 Å². The Balaban J connectivity index is 1.40. The lowest BCUT2D eigenvalue weighted by atomic mass is 9.98. The summed E-state index contributed by atoms with van der Waals surface area (Å²) in [5.74, 6) is 0. The van der Waals surface area contributed by atoms with Crippen LogP contribution in [-0.2, 0) is 6.42 Å². The summed E-state index contributed by atoms with van der Waals surface area (Å²) in [6.07, 6.45) is 7.20. The molecule has 0 bridgehead atoms. The van der Waals surface area contributed by atoms with E-state index >= 15 is 0 Å². The molecular weight excluding hydrogens is 458 g/mol. The number of nitrogens with zero attached hydrogens (tertiary/aromatic N) is 4. The van der Waals surface area contributed by atoms with Crippen molar-refractivity contribution in [1.29, 1.82) is 0 Å². The summed E-state index contributed by atoms with van der Waals surface area (Å²) in [6.45, 7) is 0.753. The second-order valence-electron chi connectivity index (χ2n) is 8.11. The number of thioether (sulfide) groups is 1.